The Morgan fingerprint density at radius 2 is 2.16 bits per heavy atom. The van der Waals surface area contributed by atoms with Crippen molar-refractivity contribution < 1.29 is 9.21 Å². The van der Waals surface area contributed by atoms with Crippen molar-refractivity contribution >= 4 is 5.91 Å². The van der Waals surface area contributed by atoms with Gasteiger partial charge in [-0.3, -0.25) is 4.79 Å². The second kappa shape index (κ2) is 6.75. The monoisotopic (exact) mass is 264 g/mol. The van der Waals surface area contributed by atoms with Gasteiger partial charge in [-0.05, 0) is 44.7 Å². The van der Waals surface area contributed by atoms with Crippen LogP contribution in [0, 0.1) is 0 Å². The molecular weight excluding hydrogens is 240 g/mol. The number of furan rings is 1. The van der Waals surface area contributed by atoms with Crippen LogP contribution in [0.25, 0.3) is 0 Å². The lowest BCUT2D eigenvalue weighted by atomic mass is 9.90. The molecule has 1 amide bonds. The SMILES string of the molecule is CCN(C(=O)CCc1ccco1)C1CCC(N)CC1. The van der Waals surface area contributed by atoms with E-state index in [1.165, 1.54) is 0 Å². The maximum atomic E-state index is 12.3. The number of amides is 1. The van der Waals surface area contributed by atoms with Gasteiger partial charge in [0.1, 0.15) is 5.76 Å². The average molecular weight is 264 g/mol. The first-order chi connectivity index (χ1) is 9.20. The minimum Gasteiger partial charge on any atom is -0.469 e. The van der Waals surface area contributed by atoms with Crippen molar-refractivity contribution in [2.75, 3.05) is 6.54 Å². The zero-order valence-corrected chi connectivity index (χ0v) is 11.7. The molecule has 4 nitrogen and oxygen atoms in total. The van der Waals surface area contributed by atoms with Gasteiger partial charge >= 0.3 is 0 Å². The Labute approximate surface area is 114 Å². The van der Waals surface area contributed by atoms with Gasteiger partial charge in [-0.15, -0.1) is 0 Å². The van der Waals surface area contributed by atoms with Crippen molar-refractivity contribution in [2.45, 2.75) is 57.5 Å². The maximum Gasteiger partial charge on any atom is 0.223 e. The highest BCUT2D eigenvalue weighted by Crippen LogP contribution is 2.22. The lowest BCUT2D eigenvalue weighted by molar-refractivity contribution is -0.134. The summed E-state index contributed by atoms with van der Waals surface area (Å²) in [7, 11) is 0. The van der Waals surface area contributed by atoms with Crippen molar-refractivity contribution in [1.82, 2.24) is 4.90 Å². The minimum atomic E-state index is 0.236. The smallest absolute Gasteiger partial charge is 0.223 e. The molecule has 1 aromatic rings. The van der Waals surface area contributed by atoms with Gasteiger partial charge in [0.15, 0.2) is 0 Å². The van der Waals surface area contributed by atoms with E-state index in [0.717, 1.165) is 38.0 Å². The fourth-order valence-corrected chi connectivity index (χ4v) is 2.88. The van der Waals surface area contributed by atoms with E-state index in [-0.39, 0.29) is 5.91 Å². The van der Waals surface area contributed by atoms with Crippen LogP contribution in [0.2, 0.25) is 0 Å². The van der Waals surface area contributed by atoms with Crippen LogP contribution in [0.3, 0.4) is 0 Å². The van der Waals surface area contributed by atoms with Gasteiger partial charge < -0.3 is 15.1 Å². The van der Waals surface area contributed by atoms with Crippen LogP contribution in [0.15, 0.2) is 22.8 Å². The zero-order valence-electron chi connectivity index (χ0n) is 11.7. The molecule has 1 heterocycles. The number of rotatable bonds is 5. The van der Waals surface area contributed by atoms with E-state index in [9.17, 15) is 4.79 Å². The summed E-state index contributed by atoms with van der Waals surface area (Å²) in [6.07, 6.45) is 7.03. The Hall–Kier alpha value is -1.29. The predicted molar refractivity (Wildman–Crippen MR) is 74.6 cm³/mol. The molecule has 1 aromatic heterocycles. The quantitative estimate of drug-likeness (QED) is 0.888. The van der Waals surface area contributed by atoms with Gasteiger partial charge in [-0.25, -0.2) is 0 Å². The number of nitrogens with zero attached hydrogens (tertiary/aromatic N) is 1. The Balaban J connectivity index is 1.84. The number of nitrogens with two attached hydrogens (primary N) is 1. The lowest BCUT2D eigenvalue weighted by Gasteiger charge is -2.35. The number of carbonyl (C=O) groups is 1. The van der Waals surface area contributed by atoms with Gasteiger partial charge in [0, 0.05) is 31.5 Å². The van der Waals surface area contributed by atoms with Crippen LogP contribution < -0.4 is 5.73 Å². The van der Waals surface area contributed by atoms with Gasteiger partial charge in [-0.2, -0.15) is 0 Å². The predicted octanol–water partition coefficient (Wildman–Crippen LogP) is 2.33. The molecule has 0 atom stereocenters. The molecule has 0 spiro atoms. The van der Waals surface area contributed by atoms with Crippen LogP contribution >= 0.6 is 0 Å². The highest BCUT2D eigenvalue weighted by Gasteiger charge is 2.26. The molecule has 0 saturated heterocycles. The van der Waals surface area contributed by atoms with Gasteiger partial charge in [-0.1, -0.05) is 0 Å². The van der Waals surface area contributed by atoms with Gasteiger partial charge in [0.2, 0.25) is 5.91 Å². The van der Waals surface area contributed by atoms with Crippen molar-refractivity contribution in [1.29, 1.82) is 0 Å². The van der Waals surface area contributed by atoms with Crippen LogP contribution in [-0.2, 0) is 11.2 Å². The third-order valence-corrected chi connectivity index (χ3v) is 4.01. The molecule has 106 valence electrons. The van der Waals surface area contributed by atoms with E-state index in [1.54, 1.807) is 6.26 Å². The van der Waals surface area contributed by atoms with Crippen molar-refractivity contribution in [2.24, 2.45) is 5.73 Å². The summed E-state index contributed by atoms with van der Waals surface area (Å²) < 4.78 is 5.27. The van der Waals surface area contributed by atoms with Crippen LogP contribution in [0.1, 0.15) is 44.8 Å². The van der Waals surface area contributed by atoms with Crippen molar-refractivity contribution in [3.05, 3.63) is 24.2 Å². The summed E-state index contributed by atoms with van der Waals surface area (Å²) in [5, 5.41) is 0. The average Bonchev–Trinajstić information content (AvgIpc) is 2.92. The number of aryl methyl sites for hydroxylation is 1. The Morgan fingerprint density at radius 1 is 1.42 bits per heavy atom. The summed E-state index contributed by atoms with van der Waals surface area (Å²) in [4.78, 5) is 14.3. The van der Waals surface area contributed by atoms with Crippen molar-refractivity contribution in [3.8, 4) is 0 Å². The molecule has 1 fully saturated rings. The van der Waals surface area contributed by atoms with Crippen LogP contribution in [0.4, 0.5) is 0 Å². The second-order valence-corrected chi connectivity index (χ2v) is 5.33. The molecule has 0 radical (unpaired) electrons. The number of hydrogen-bond acceptors (Lipinski definition) is 3. The van der Waals surface area contributed by atoms with Gasteiger partial charge in [0.05, 0.1) is 6.26 Å². The molecule has 0 unspecified atom stereocenters. The van der Waals surface area contributed by atoms with Crippen molar-refractivity contribution in [3.63, 3.8) is 0 Å². The summed E-state index contributed by atoms with van der Waals surface area (Å²) in [5.74, 6) is 1.12. The summed E-state index contributed by atoms with van der Waals surface area (Å²) in [5.41, 5.74) is 5.92. The normalized spacial score (nSPS) is 23.3. The van der Waals surface area contributed by atoms with E-state index >= 15 is 0 Å². The van der Waals surface area contributed by atoms with Crippen LogP contribution in [-0.4, -0.2) is 29.4 Å². The number of carbonyl (C=O) groups excluding carboxylic acids is 1. The largest absolute Gasteiger partial charge is 0.469 e. The molecule has 19 heavy (non-hydrogen) atoms. The van der Waals surface area contributed by atoms with E-state index in [0.29, 0.717) is 24.9 Å². The van der Waals surface area contributed by atoms with E-state index in [1.807, 2.05) is 17.0 Å². The maximum absolute atomic E-state index is 12.3. The zero-order chi connectivity index (χ0) is 13.7. The topological polar surface area (TPSA) is 59.5 Å². The summed E-state index contributed by atoms with van der Waals surface area (Å²) >= 11 is 0. The fourth-order valence-electron chi connectivity index (χ4n) is 2.88. The molecule has 0 aromatic carbocycles. The Kier molecular flexibility index (Phi) is 5.02. The molecule has 1 aliphatic rings. The summed E-state index contributed by atoms with van der Waals surface area (Å²) in [6, 6.07) is 4.49. The molecular formula is C15H24N2O2. The molecule has 0 bridgehead atoms. The van der Waals surface area contributed by atoms with E-state index in [4.69, 9.17) is 10.2 Å². The van der Waals surface area contributed by atoms with Crippen LogP contribution in [0.5, 0.6) is 0 Å². The first-order valence-electron chi connectivity index (χ1n) is 7.28. The highest BCUT2D eigenvalue weighted by atomic mass is 16.3. The Bertz CT molecular complexity index is 381. The molecule has 2 rings (SSSR count). The molecule has 2 N–H and O–H groups in total. The first-order valence-corrected chi connectivity index (χ1v) is 7.28. The fraction of sp³-hybridized carbons (Fsp3) is 0.667. The molecule has 1 saturated carbocycles. The summed E-state index contributed by atoms with van der Waals surface area (Å²) in [6.45, 7) is 2.84. The Morgan fingerprint density at radius 3 is 2.74 bits per heavy atom. The minimum absolute atomic E-state index is 0.236. The third-order valence-electron chi connectivity index (χ3n) is 4.01. The van der Waals surface area contributed by atoms with E-state index in [2.05, 4.69) is 6.92 Å². The lowest BCUT2D eigenvalue weighted by Crippen LogP contribution is -2.44. The standard InChI is InChI=1S/C15H24N2O2/c1-2-17(13-7-5-12(16)6-8-13)15(18)10-9-14-4-3-11-19-14/h3-4,11-13H,2,5-10,16H2,1H3. The highest BCUT2D eigenvalue weighted by molar-refractivity contribution is 5.76. The molecule has 0 aliphatic heterocycles. The third kappa shape index (κ3) is 3.83. The van der Waals surface area contributed by atoms with E-state index < -0.39 is 0 Å². The second-order valence-electron chi connectivity index (χ2n) is 5.33. The van der Waals surface area contributed by atoms with Gasteiger partial charge in [0.25, 0.3) is 0 Å². The molecule has 4 heteroatoms. The first kappa shape index (κ1) is 14.1. The molecule has 1 aliphatic carbocycles. The number of hydrogen-bond donors (Lipinski definition) is 1.